The van der Waals surface area contributed by atoms with Gasteiger partial charge in [-0.1, -0.05) is 15.9 Å². The summed E-state index contributed by atoms with van der Waals surface area (Å²) in [6, 6.07) is 0. The first kappa shape index (κ1) is 8.38. The fraction of sp³-hybridized carbons (Fsp3) is 0.375. The number of aromatic nitrogens is 1. The SMILES string of the molecule is Cc1nc2c(s1)C=C(F)C(Br)C2. The minimum absolute atomic E-state index is 0.0915. The van der Waals surface area contributed by atoms with E-state index in [4.69, 9.17) is 0 Å². The average Bonchev–Trinajstić information content (AvgIpc) is 2.30. The molecule has 0 spiro atoms. The van der Waals surface area contributed by atoms with Crippen LogP contribution >= 0.6 is 27.3 Å². The van der Waals surface area contributed by atoms with Crippen molar-refractivity contribution in [2.24, 2.45) is 0 Å². The van der Waals surface area contributed by atoms with Crippen LogP contribution < -0.4 is 0 Å². The highest BCUT2D eigenvalue weighted by Gasteiger charge is 2.21. The van der Waals surface area contributed by atoms with Crippen LogP contribution in [-0.4, -0.2) is 9.81 Å². The molecule has 0 aliphatic heterocycles. The monoisotopic (exact) mass is 247 g/mol. The molecule has 0 amide bonds. The third-order valence-corrected chi connectivity index (χ3v) is 3.50. The van der Waals surface area contributed by atoms with Gasteiger partial charge in [-0.3, -0.25) is 0 Å². The Bertz CT molecular complexity index is 345. The van der Waals surface area contributed by atoms with Gasteiger partial charge in [0.25, 0.3) is 0 Å². The van der Waals surface area contributed by atoms with Gasteiger partial charge < -0.3 is 0 Å². The first-order valence-corrected chi connectivity index (χ1v) is 5.37. The molecule has 1 aliphatic rings. The van der Waals surface area contributed by atoms with Crippen molar-refractivity contribution in [2.45, 2.75) is 18.2 Å². The van der Waals surface area contributed by atoms with Crippen molar-refractivity contribution in [1.82, 2.24) is 4.98 Å². The summed E-state index contributed by atoms with van der Waals surface area (Å²) in [5.74, 6) is -0.0915. The lowest BCUT2D eigenvalue weighted by atomic mass is 10.1. The van der Waals surface area contributed by atoms with Crippen molar-refractivity contribution in [3.8, 4) is 0 Å². The molecule has 0 fully saturated rings. The molecule has 2 rings (SSSR count). The number of rotatable bonds is 0. The molecule has 12 heavy (non-hydrogen) atoms. The highest BCUT2D eigenvalue weighted by atomic mass is 79.9. The Morgan fingerprint density at radius 2 is 2.50 bits per heavy atom. The summed E-state index contributed by atoms with van der Waals surface area (Å²) in [7, 11) is 0. The van der Waals surface area contributed by atoms with Crippen LogP contribution in [-0.2, 0) is 6.42 Å². The number of nitrogens with zero attached hydrogens (tertiary/aromatic N) is 1. The van der Waals surface area contributed by atoms with Crippen molar-refractivity contribution in [3.63, 3.8) is 0 Å². The summed E-state index contributed by atoms with van der Waals surface area (Å²) in [6.45, 7) is 1.94. The van der Waals surface area contributed by atoms with Crippen LogP contribution in [0.5, 0.6) is 0 Å². The number of aryl methyl sites for hydroxylation is 1. The van der Waals surface area contributed by atoms with Gasteiger partial charge in [0.05, 0.1) is 20.4 Å². The van der Waals surface area contributed by atoms with Gasteiger partial charge >= 0.3 is 0 Å². The Morgan fingerprint density at radius 3 is 3.25 bits per heavy atom. The Morgan fingerprint density at radius 1 is 1.75 bits per heavy atom. The quantitative estimate of drug-likeness (QED) is 0.643. The number of hydrogen-bond donors (Lipinski definition) is 0. The first-order chi connectivity index (χ1) is 5.66. The average molecular weight is 248 g/mol. The predicted octanol–water partition coefficient (Wildman–Crippen LogP) is 3.08. The van der Waals surface area contributed by atoms with Gasteiger partial charge in [0, 0.05) is 6.42 Å². The zero-order chi connectivity index (χ0) is 8.72. The number of hydrogen-bond acceptors (Lipinski definition) is 2. The van der Waals surface area contributed by atoms with Gasteiger partial charge in [0.2, 0.25) is 0 Å². The molecule has 0 N–H and O–H groups in total. The van der Waals surface area contributed by atoms with E-state index in [1.807, 2.05) is 6.92 Å². The van der Waals surface area contributed by atoms with Crippen LogP contribution in [0, 0.1) is 6.92 Å². The third-order valence-electron chi connectivity index (χ3n) is 1.78. The largest absolute Gasteiger partial charge is 0.246 e. The van der Waals surface area contributed by atoms with Gasteiger partial charge in [-0.2, -0.15) is 0 Å². The summed E-state index contributed by atoms with van der Waals surface area (Å²) < 4.78 is 13.1. The molecule has 0 aromatic carbocycles. The summed E-state index contributed by atoms with van der Waals surface area (Å²) in [5, 5.41) is 1.01. The van der Waals surface area contributed by atoms with Crippen LogP contribution in [0.3, 0.4) is 0 Å². The molecule has 1 heterocycles. The fourth-order valence-electron chi connectivity index (χ4n) is 1.23. The zero-order valence-corrected chi connectivity index (χ0v) is 8.88. The summed E-state index contributed by atoms with van der Waals surface area (Å²) in [6.07, 6.45) is 2.24. The normalized spacial score (nSPS) is 21.9. The highest BCUT2D eigenvalue weighted by Crippen LogP contribution is 2.32. The molecule has 1 aromatic heterocycles. The van der Waals surface area contributed by atoms with Crippen LogP contribution in [0.15, 0.2) is 5.83 Å². The molecular formula is C8H7BrFNS. The first-order valence-electron chi connectivity index (χ1n) is 3.64. The number of alkyl halides is 1. The number of thiazole rings is 1. The minimum atomic E-state index is -0.175. The van der Waals surface area contributed by atoms with Crippen molar-refractivity contribution >= 4 is 33.3 Å². The van der Waals surface area contributed by atoms with Crippen molar-refractivity contribution in [3.05, 3.63) is 21.4 Å². The van der Waals surface area contributed by atoms with E-state index in [-0.39, 0.29) is 10.7 Å². The number of allylic oxidation sites excluding steroid dienone is 1. The lowest BCUT2D eigenvalue weighted by molar-refractivity contribution is 0.600. The van der Waals surface area contributed by atoms with E-state index in [0.29, 0.717) is 6.42 Å². The van der Waals surface area contributed by atoms with Gasteiger partial charge in [-0.25, -0.2) is 9.37 Å². The molecule has 1 aromatic rings. The molecule has 4 heteroatoms. The molecule has 0 saturated heterocycles. The summed E-state index contributed by atoms with van der Waals surface area (Å²) in [5.41, 5.74) is 1.01. The fourth-order valence-corrected chi connectivity index (χ4v) is 2.56. The van der Waals surface area contributed by atoms with E-state index in [1.54, 1.807) is 17.4 Å². The third kappa shape index (κ3) is 1.33. The maximum absolute atomic E-state index is 13.1. The van der Waals surface area contributed by atoms with Crippen LogP contribution in [0.25, 0.3) is 6.08 Å². The van der Waals surface area contributed by atoms with E-state index in [2.05, 4.69) is 20.9 Å². The summed E-state index contributed by atoms with van der Waals surface area (Å²) in [4.78, 5) is 5.11. The number of fused-ring (bicyclic) bond motifs is 1. The van der Waals surface area contributed by atoms with Gasteiger partial charge in [-0.15, -0.1) is 11.3 Å². The molecule has 1 aliphatic carbocycles. The Kier molecular flexibility index (Phi) is 2.04. The van der Waals surface area contributed by atoms with Crippen molar-refractivity contribution in [2.75, 3.05) is 0 Å². The maximum atomic E-state index is 13.1. The Labute approximate surface area is 82.5 Å². The van der Waals surface area contributed by atoms with Crippen LogP contribution in [0.1, 0.15) is 15.6 Å². The molecule has 0 bridgehead atoms. The lowest BCUT2D eigenvalue weighted by Crippen LogP contribution is -2.08. The van der Waals surface area contributed by atoms with E-state index in [9.17, 15) is 4.39 Å². The van der Waals surface area contributed by atoms with Gasteiger partial charge in [-0.05, 0) is 13.0 Å². The van der Waals surface area contributed by atoms with Crippen molar-refractivity contribution in [1.29, 1.82) is 0 Å². The molecule has 0 saturated carbocycles. The second-order valence-corrected chi connectivity index (χ2v) is 5.08. The van der Waals surface area contributed by atoms with E-state index in [0.717, 1.165) is 15.6 Å². The van der Waals surface area contributed by atoms with Gasteiger partial charge in [0.15, 0.2) is 0 Å². The zero-order valence-electron chi connectivity index (χ0n) is 6.47. The lowest BCUT2D eigenvalue weighted by Gasteiger charge is -2.10. The standard InChI is InChI=1S/C8H7BrFNS/c1-4-11-7-2-5(9)6(10)3-8(7)12-4/h3,5H,2H2,1H3. The minimum Gasteiger partial charge on any atom is -0.246 e. The Balaban J connectivity index is 2.48. The molecule has 1 nitrogen and oxygen atoms in total. The second kappa shape index (κ2) is 2.92. The van der Waals surface area contributed by atoms with Crippen LogP contribution in [0.4, 0.5) is 4.39 Å². The van der Waals surface area contributed by atoms with Crippen molar-refractivity contribution < 1.29 is 4.39 Å². The Hall–Kier alpha value is -0.220. The van der Waals surface area contributed by atoms with E-state index >= 15 is 0 Å². The number of halogens is 2. The van der Waals surface area contributed by atoms with E-state index in [1.165, 1.54) is 0 Å². The molecular weight excluding hydrogens is 241 g/mol. The molecule has 64 valence electrons. The summed E-state index contributed by atoms with van der Waals surface area (Å²) >= 11 is 4.80. The second-order valence-electron chi connectivity index (χ2n) is 2.74. The maximum Gasteiger partial charge on any atom is 0.115 e. The van der Waals surface area contributed by atoms with Gasteiger partial charge in [0.1, 0.15) is 5.83 Å². The van der Waals surface area contributed by atoms with Crippen LogP contribution in [0.2, 0.25) is 0 Å². The molecule has 1 unspecified atom stereocenters. The smallest absolute Gasteiger partial charge is 0.115 e. The topological polar surface area (TPSA) is 12.9 Å². The molecule has 1 atom stereocenters. The van der Waals surface area contributed by atoms with E-state index < -0.39 is 0 Å². The predicted molar refractivity (Wildman–Crippen MR) is 52.4 cm³/mol. The highest BCUT2D eigenvalue weighted by molar-refractivity contribution is 9.09. The molecule has 0 radical (unpaired) electrons.